The maximum Gasteiger partial charge on any atom is 0.135 e. The van der Waals surface area contributed by atoms with E-state index < -0.39 is 0 Å². The van der Waals surface area contributed by atoms with E-state index in [1.54, 1.807) is 0 Å². The summed E-state index contributed by atoms with van der Waals surface area (Å²) in [7, 11) is 0. The van der Waals surface area contributed by atoms with E-state index in [0.29, 0.717) is 41.8 Å². The second kappa shape index (κ2) is 8.03. The molecule has 4 aliphatic rings. The van der Waals surface area contributed by atoms with Gasteiger partial charge in [-0.25, -0.2) is 0 Å². The highest BCUT2D eigenvalue weighted by molar-refractivity contribution is 5.80. The van der Waals surface area contributed by atoms with Gasteiger partial charge in [0.2, 0.25) is 0 Å². The number of ketones is 1. The normalized spacial score (nSPS) is 46.6. The summed E-state index contributed by atoms with van der Waals surface area (Å²) in [6.07, 6.45) is 11.0. The van der Waals surface area contributed by atoms with Crippen LogP contribution in [0.5, 0.6) is 0 Å². The van der Waals surface area contributed by atoms with Gasteiger partial charge in [0.05, 0.1) is 12.2 Å². The van der Waals surface area contributed by atoms with Crippen LogP contribution in [-0.4, -0.2) is 28.2 Å². The number of hydrogen-bond donors (Lipinski definition) is 2. The van der Waals surface area contributed by atoms with E-state index in [9.17, 15) is 15.0 Å². The van der Waals surface area contributed by atoms with Crippen molar-refractivity contribution in [1.29, 1.82) is 0 Å². The summed E-state index contributed by atoms with van der Waals surface area (Å²) < 4.78 is 0. The summed E-state index contributed by atoms with van der Waals surface area (Å²) in [4.78, 5) is 12.2. The van der Waals surface area contributed by atoms with Crippen LogP contribution in [0.1, 0.15) is 92.4 Å². The molecule has 0 amide bonds. The van der Waals surface area contributed by atoms with Crippen molar-refractivity contribution in [3.05, 3.63) is 11.6 Å². The molecule has 4 rings (SSSR count). The Balaban J connectivity index is 1.54. The molecule has 0 saturated heterocycles. The van der Waals surface area contributed by atoms with Crippen LogP contribution in [-0.2, 0) is 4.79 Å². The Morgan fingerprint density at radius 2 is 1.90 bits per heavy atom. The number of rotatable bonds is 5. The maximum atomic E-state index is 12.2. The molecule has 3 nitrogen and oxygen atoms in total. The van der Waals surface area contributed by atoms with Crippen molar-refractivity contribution in [3.63, 3.8) is 0 Å². The Morgan fingerprint density at radius 3 is 2.60 bits per heavy atom. The van der Waals surface area contributed by atoms with Gasteiger partial charge in [0.15, 0.2) is 0 Å². The standard InChI is InChI=1S/C27H44O3/c1-16(2)23(29)9-6-17(3)22-15-24(30)25-20-8-7-18-14-19(28)10-12-26(18,4)21(20)11-13-27(22,25)5/h7,16-17,19-22,24-25,28,30H,6,8-15H2,1-5H3/t17-,19+,20-,21+,22-,24+,25-,26+,27-/m1/s1. The van der Waals surface area contributed by atoms with Crippen molar-refractivity contribution in [2.24, 2.45) is 46.3 Å². The quantitative estimate of drug-likeness (QED) is 0.579. The topological polar surface area (TPSA) is 57.5 Å². The van der Waals surface area contributed by atoms with Gasteiger partial charge in [-0.05, 0) is 91.8 Å². The highest BCUT2D eigenvalue weighted by atomic mass is 16.3. The molecule has 0 heterocycles. The van der Waals surface area contributed by atoms with Crippen molar-refractivity contribution in [2.75, 3.05) is 0 Å². The molecular weight excluding hydrogens is 372 g/mol. The summed E-state index contributed by atoms with van der Waals surface area (Å²) in [6.45, 7) is 11.2. The minimum Gasteiger partial charge on any atom is -0.393 e. The molecule has 3 fully saturated rings. The molecule has 0 spiro atoms. The first-order chi connectivity index (χ1) is 14.1. The predicted octanol–water partition coefficient (Wildman–Crippen LogP) is 5.54. The number of allylic oxidation sites excluding steroid dienone is 1. The zero-order chi connectivity index (χ0) is 21.8. The fourth-order valence-corrected chi connectivity index (χ4v) is 8.50. The molecule has 0 bridgehead atoms. The highest BCUT2D eigenvalue weighted by Crippen LogP contribution is 2.67. The Bertz CT molecular complexity index is 696. The third-order valence-electron chi connectivity index (χ3n) is 10.3. The highest BCUT2D eigenvalue weighted by Gasteiger charge is 2.62. The van der Waals surface area contributed by atoms with Crippen LogP contribution in [0.15, 0.2) is 11.6 Å². The molecule has 0 unspecified atom stereocenters. The smallest absolute Gasteiger partial charge is 0.135 e. The Kier molecular flexibility index (Phi) is 6.03. The van der Waals surface area contributed by atoms with Gasteiger partial charge in [0, 0.05) is 12.3 Å². The Morgan fingerprint density at radius 1 is 1.17 bits per heavy atom. The van der Waals surface area contributed by atoms with E-state index >= 15 is 0 Å². The van der Waals surface area contributed by atoms with Crippen LogP contribution in [0.2, 0.25) is 0 Å². The molecule has 0 radical (unpaired) electrons. The zero-order valence-electron chi connectivity index (χ0n) is 19.9. The largest absolute Gasteiger partial charge is 0.393 e. The van der Waals surface area contributed by atoms with Crippen LogP contribution in [0.3, 0.4) is 0 Å². The minimum absolute atomic E-state index is 0.128. The van der Waals surface area contributed by atoms with Gasteiger partial charge < -0.3 is 10.2 Å². The van der Waals surface area contributed by atoms with E-state index in [2.05, 4.69) is 26.8 Å². The molecule has 9 atom stereocenters. The number of fused-ring (bicyclic) bond motifs is 5. The molecule has 30 heavy (non-hydrogen) atoms. The molecule has 170 valence electrons. The molecule has 0 aromatic carbocycles. The van der Waals surface area contributed by atoms with Crippen molar-refractivity contribution in [3.8, 4) is 0 Å². The first-order valence-electron chi connectivity index (χ1n) is 12.7. The third kappa shape index (κ3) is 3.52. The lowest BCUT2D eigenvalue weighted by Gasteiger charge is -2.58. The maximum absolute atomic E-state index is 12.2. The molecular formula is C27H44O3. The summed E-state index contributed by atoms with van der Waals surface area (Å²) >= 11 is 0. The van der Waals surface area contributed by atoms with Crippen LogP contribution >= 0.6 is 0 Å². The average Bonchev–Trinajstić information content (AvgIpc) is 2.97. The summed E-state index contributed by atoms with van der Waals surface area (Å²) in [5.74, 6) is 3.11. The monoisotopic (exact) mass is 416 g/mol. The summed E-state index contributed by atoms with van der Waals surface area (Å²) in [5.41, 5.74) is 1.91. The second-order valence-electron chi connectivity index (χ2n) is 12.2. The van der Waals surface area contributed by atoms with Crippen molar-refractivity contribution in [2.45, 2.75) is 105 Å². The van der Waals surface area contributed by atoms with E-state index in [1.807, 2.05) is 13.8 Å². The third-order valence-corrected chi connectivity index (χ3v) is 10.3. The SMILES string of the molecule is CC(C)C(=O)CC[C@@H](C)[C@H]1C[C@H](O)[C@H]2[C@@H]3CC=C4C[C@@H](O)CC[C@]4(C)[C@H]3CC[C@@]21C. The van der Waals surface area contributed by atoms with Crippen molar-refractivity contribution < 1.29 is 15.0 Å². The lowest BCUT2D eigenvalue weighted by molar-refractivity contribution is -0.122. The number of carbonyl (C=O) groups excluding carboxylic acids is 1. The zero-order valence-corrected chi connectivity index (χ0v) is 19.9. The predicted molar refractivity (Wildman–Crippen MR) is 121 cm³/mol. The number of hydrogen-bond acceptors (Lipinski definition) is 3. The van der Waals surface area contributed by atoms with E-state index in [-0.39, 0.29) is 29.0 Å². The molecule has 3 saturated carbocycles. The van der Waals surface area contributed by atoms with Crippen molar-refractivity contribution in [1.82, 2.24) is 0 Å². The van der Waals surface area contributed by atoms with Crippen molar-refractivity contribution >= 4 is 5.78 Å². The lowest BCUT2D eigenvalue weighted by atomic mass is 9.46. The average molecular weight is 417 g/mol. The van der Waals surface area contributed by atoms with Crippen LogP contribution < -0.4 is 0 Å². The van der Waals surface area contributed by atoms with Gasteiger partial charge in [-0.3, -0.25) is 4.79 Å². The van der Waals surface area contributed by atoms with Gasteiger partial charge in [-0.15, -0.1) is 0 Å². The van der Waals surface area contributed by atoms with Gasteiger partial charge in [-0.2, -0.15) is 0 Å². The molecule has 0 aromatic rings. The van der Waals surface area contributed by atoms with Gasteiger partial charge in [0.1, 0.15) is 5.78 Å². The van der Waals surface area contributed by atoms with Gasteiger partial charge in [0.25, 0.3) is 0 Å². The van der Waals surface area contributed by atoms with Gasteiger partial charge in [-0.1, -0.05) is 46.3 Å². The van der Waals surface area contributed by atoms with Crippen LogP contribution in [0.4, 0.5) is 0 Å². The van der Waals surface area contributed by atoms with E-state index in [4.69, 9.17) is 0 Å². The number of aliphatic hydroxyl groups is 2. The fraction of sp³-hybridized carbons (Fsp3) is 0.889. The molecule has 4 aliphatic carbocycles. The number of Topliss-reactive ketones (excluding diaryl/α,β-unsaturated/α-hetero) is 1. The minimum atomic E-state index is -0.205. The number of carbonyl (C=O) groups is 1. The molecule has 3 heteroatoms. The van der Waals surface area contributed by atoms with Crippen LogP contribution in [0, 0.1) is 46.3 Å². The van der Waals surface area contributed by atoms with E-state index in [1.165, 1.54) is 18.4 Å². The van der Waals surface area contributed by atoms with E-state index in [0.717, 1.165) is 38.5 Å². The summed E-state index contributed by atoms with van der Waals surface area (Å²) in [6, 6.07) is 0. The first-order valence-corrected chi connectivity index (χ1v) is 12.7. The summed E-state index contributed by atoms with van der Waals surface area (Å²) in [5, 5.41) is 21.5. The second-order valence-corrected chi connectivity index (χ2v) is 12.2. The number of aliphatic hydroxyl groups excluding tert-OH is 2. The molecule has 0 aromatic heterocycles. The first kappa shape index (κ1) is 22.5. The lowest BCUT2D eigenvalue weighted by Crippen LogP contribution is -2.52. The Hall–Kier alpha value is -0.670. The Labute approximate surface area is 183 Å². The fourth-order valence-electron chi connectivity index (χ4n) is 8.50. The van der Waals surface area contributed by atoms with Crippen LogP contribution in [0.25, 0.3) is 0 Å². The van der Waals surface area contributed by atoms with Gasteiger partial charge >= 0.3 is 0 Å². The molecule has 0 aliphatic heterocycles. The molecule has 2 N–H and O–H groups in total.